The fourth-order valence-electron chi connectivity index (χ4n) is 2.67. The molecule has 1 atom stereocenters. The molecule has 0 bridgehead atoms. The van der Waals surface area contributed by atoms with Crippen molar-refractivity contribution in [2.75, 3.05) is 40.3 Å². The predicted molar refractivity (Wildman–Crippen MR) is 88.1 cm³/mol. The van der Waals surface area contributed by atoms with Crippen LogP contribution in [0.2, 0.25) is 0 Å². The van der Waals surface area contributed by atoms with Crippen molar-refractivity contribution in [2.24, 2.45) is 12.0 Å². The summed E-state index contributed by atoms with van der Waals surface area (Å²) in [6.07, 6.45) is 0.208. The SMILES string of the molecule is CN=C(NCc1c(C)nn(C)c1C)NCC1CN(C)CCO1. The lowest BCUT2D eigenvalue weighted by molar-refractivity contribution is -0.0161. The van der Waals surface area contributed by atoms with Crippen LogP contribution in [0.4, 0.5) is 0 Å². The number of ether oxygens (including phenoxy) is 1. The Morgan fingerprint density at radius 1 is 1.36 bits per heavy atom. The number of guanidine groups is 1. The molecule has 2 heterocycles. The summed E-state index contributed by atoms with van der Waals surface area (Å²) in [5, 5.41) is 11.1. The molecule has 7 heteroatoms. The van der Waals surface area contributed by atoms with Crippen molar-refractivity contribution in [3.63, 3.8) is 0 Å². The molecule has 7 nitrogen and oxygen atoms in total. The Labute approximate surface area is 132 Å². The molecular weight excluding hydrogens is 280 g/mol. The van der Waals surface area contributed by atoms with Gasteiger partial charge in [0.25, 0.3) is 0 Å². The van der Waals surface area contributed by atoms with Gasteiger partial charge in [-0.15, -0.1) is 0 Å². The molecule has 0 spiro atoms. The number of rotatable bonds is 4. The molecule has 1 aliphatic rings. The molecule has 0 saturated carbocycles. The van der Waals surface area contributed by atoms with Gasteiger partial charge in [0.1, 0.15) is 0 Å². The maximum Gasteiger partial charge on any atom is 0.191 e. The summed E-state index contributed by atoms with van der Waals surface area (Å²) in [4.78, 5) is 6.56. The van der Waals surface area contributed by atoms with E-state index >= 15 is 0 Å². The number of hydrogen-bond acceptors (Lipinski definition) is 4. The van der Waals surface area contributed by atoms with Crippen LogP contribution in [0.15, 0.2) is 4.99 Å². The molecule has 1 aromatic rings. The molecule has 0 amide bonds. The summed E-state index contributed by atoms with van der Waals surface area (Å²) in [7, 11) is 5.87. The molecular formula is C15H28N6O. The van der Waals surface area contributed by atoms with Gasteiger partial charge < -0.3 is 20.3 Å². The van der Waals surface area contributed by atoms with E-state index in [1.165, 1.54) is 11.3 Å². The van der Waals surface area contributed by atoms with E-state index in [-0.39, 0.29) is 6.10 Å². The van der Waals surface area contributed by atoms with Crippen LogP contribution in [-0.2, 0) is 18.3 Å². The zero-order valence-corrected chi connectivity index (χ0v) is 14.3. The zero-order chi connectivity index (χ0) is 16.1. The highest BCUT2D eigenvalue weighted by Crippen LogP contribution is 2.11. The van der Waals surface area contributed by atoms with E-state index in [1.807, 2.05) is 18.7 Å². The van der Waals surface area contributed by atoms with Crippen molar-refractivity contribution >= 4 is 5.96 Å². The van der Waals surface area contributed by atoms with Crippen LogP contribution in [0.5, 0.6) is 0 Å². The number of morpholine rings is 1. The van der Waals surface area contributed by atoms with Crippen molar-refractivity contribution in [1.82, 2.24) is 25.3 Å². The Kier molecular flexibility index (Phi) is 5.79. The highest BCUT2D eigenvalue weighted by atomic mass is 16.5. The Bertz CT molecular complexity index is 524. The predicted octanol–water partition coefficient (Wildman–Crippen LogP) is 0.0325. The Morgan fingerprint density at radius 3 is 2.73 bits per heavy atom. The molecule has 0 aliphatic carbocycles. The average Bonchev–Trinajstić information content (AvgIpc) is 2.73. The average molecular weight is 308 g/mol. The van der Waals surface area contributed by atoms with Gasteiger partial charge >= 0.3 is 0 Å². The Hall–Kier alpha value is -1.60. The quantitative estimate of drug-likeness (QED) is 0.607. The van der Waals surface area contributed by atoms with Gasteiger partial charge in [0.2, 0.25) is 0 Å². The lowest BCUT2D eigenvalue weighted by Crippen LogP contribution is -2.48. The number of likely N-dealkylation sites (N-methyl/N-ethyl adjacent to an activating group) is 1. The Morgan fingerprint density at radius 2 is 2.14 bits per heavy atom. The van der Waals surface area contributed by atoms with Crippen LogP contribution in [0, 0.1) is 13.8 Å². The van der Waals surface area contributed by atoms with Gasteiger partial charge in [-0.25, -0.2) is 0 Å². The minimum Gasteiger partial charge on any atom is -0.374 e. The number of hydrogen-bond donors (Lipinski definition) is 2. The summed E-state index contributed by atoms with van der Waals surface area (Å²) < 4.78 is 7.66. The molecule has 1 aromatic heterocycles. The molecule has 22 heavy (non-hydrogen) atoms. The monoisotopic (exact) mass is 308 g/mol. The van der Waals surface area contributed by atoms with Gasteiger partial charge in [0.05, 0.1) is 18.4 Å². The second-order valence-electron chi connectivity index (χ2n) is 5.83. The van der Waals surface area contributed by atoms with Gasteiger partial charge in [-0.2, -0.15) is 5.10 Å². The number of aromatic nitrogens is 2. The summed E-state index contributed by atoms with van der Waals surface area (Å²) >= 11 is 0. The maximum atomic E-state index is 5.75. The number of nitrogens with one attached hydrogen (secondary N) is 2. The molecule has 2 N–H and O–H groups in total. The van der Waals surface area contributed by atoms with E-state index in [4.69, 9.17) is 4.74 Å². The van der Waals surface area contributed by atoms with E-state index in [9.17, 15) is 0 Å². The molecule has 124 valence electrons. The molecule has 1 saturated heterocycles. The molecule has 0 radical (unpaired) electrons. The second kappa shape index (κ2) is 7.60. The van der Waals surface area contributed by atoms with Crippen LogP contribution in [0.25, 0.3) is 0 Å². The van der Waals surface area contributed by atoms with Crippen molar-refractivity contribution in [2.45, 2.75) is 26.5 Å². The van der Waals surface area contributed by atoms with E-state index in [2.05, 4.69) is 39.6 Å². The number of aliphatic imine (C=N–C) groups is 1. The van der Waals surface area contributed by atoms with E-state index in [0.717, 1.165) is 44.4 Å². The summed E-state index contributed by atoms with van der Waals surface area (Å²) in [5.41, 5.74) is 3.46. The maximum absolute atomic E-state index is 5.75. The first-order valence-electron chi connectivity index (χ1n) is 7.75. The van der Waals surface area contributed by atoms with Gasteiger partial charge in [-0.1, -0.05) is 0 Å². The van der Waals surface area contributed by atoms with Crippen LogP contribution in [0.3, 0.4) is 0 Å². The summed E-state index contributed by atoms with van der Waals surface area (Å²) in [5.74, 6) is 0.791. The van der Waals surface area contributed by atoms with Gasteiger partial charge in [0, 0.05) is 51.5 Å². The minimum absolute atomic E-state index is 0.208. The number of nitrogens with zero attached hydrogens (tertiary/aromatic N) is 4. The van der Waals surface area contributed by atoms with Gasteiger partial charge in [-0.05, 0) is 20.9 Å². The first-order chi connectivity index (χ1) is 10.5. The number of aryl methyl sites for hydroxylation is 2. The fraction of sp³-hybridized carbons (Fsp3) is 0.733. The Balaban J connectivity index is 1.82. The van der Waals surface area contributed by atoms with Crippen LogP contribution in [-0.4, -0.2) is 67.1 Å². The van der Waals surface area contributed by atoms with Crippen molar-refractivity contribution in [3.8, 4) is 0 Å². The normalized spacial score (nSPS) is 20.2. The molecule has 1 aliphatic heterocycles. The first-order valence-corrected chi connectivity index (χ1v) is 7.75. The van der Waals surface area contributed by atoms with Crippen molar-refractivity contribution in [1.29, 1.82) is 0 Å². The van der Waals surface area contributed by atoms with Crippen LogP contribution >= 0.6 is 0 Å². The third-order valence-corrected chi connectivity index (χ3v) is 4.15. The van der Waals surface area contributed by atoms with Crippen molar-refractivity contribution < 1.29 is 4.74 Å². The smallest absolute Gasteiger partial charge is 0.191 e. The standard InChI is InChI=1S/C15H28N6O/c1-11-14(12(2)21(5)19-11)9-18-15(16-3)17-8-13-10-20(4)6-7-22-13/h13H,6-10H2,1-5H3,(H2,16,17,18). The van der Waals surface area contributed by atoms with Crippen LogP contribution in [0.1, 0.15) is 17.0 Å². The van der Waals surface area contributed by atoms with E-state index < -0.39 is 0 Å². The summed E-state index contributed by atoms with van der Waals surface area (Å²) in [6, 6.07) is 0. The van der Waals surface area contributed by atoms with Crippen LogP contribution < -0.4 is 10.6 Å². The molecule has 1 unspecified atom stereocenters. The third-order valence-electron chi connectivity index (χ3n) is 4.15. The van der Waals surface area contributed by atoms with E-state index in [1.54, 1.807) is 7.05 Å². The third kappa shape index (κ3) is 4.20. The topological polar surface area (TPSA) is 66.7 Å². The van der Waals surface area contributed by atoms with E-state index in [0.29, 0.717) is 0 Å². The molecule has 0 aromatic carbocycles. The molecule has 1 fully saturated rings. The van der Waals surface area contributed by atoms with Gasteiger partial charge in [-0.3, -0.25) is 9.67 Å². The van der Waals surface area contributed by atoms with Gasteiger partial charge in [0.15, 0.2) is 5.96 Å². The highest BCUT2D eigenvalue weighted by molar-refractivity contribution is 5.79. The fourth-order valence-corrected chi connectivity index (χ4v) is 2.67. The minimum atomic E-state index is 0.208. The second-order valence-corrected chi connectivity index (χ2v) is 5.83. The lowest BCUT2D eigenvalue weighted by Gasteiger charge is -2.30. The largest absolute Gasteiger partial charge is 0.374 e. The van der Waals surface area contributed by atoms with Crippen molar-refractivity contribution in [3.05, 3.63) is 17.0 Å². The highest BCUT2D eigenvalue weighted by Gasteiger charge is 2.18. The first kappa shape index (κ1) is 16.8. The zero-order valence-electron chi connectivity index (χ0n) is 14.3. The lowest BCUT2D eigenvalue weighted by atomic mass is 10.2. The molecule has 2 rings (SSSR count). The summed E-state index contributed by atoms with van der Waals surface area (Å²) in [6.45, 7) is 8.34.